The van der Waals surface area contributed by atoms with E-state index in [2.05, 4.69) is 60.7 Å². The number of anilines is 5. The van der Waals surface area contributed by atoms with Gasteiger partial charge in [-0.1, -0.05) is 17.2 Å². The summed E-state index contributed by atoms with van der Waals surface area (Å²) in [7, 11) is -9.13. The number of carboxylic acid groups (broad SMARTS) is 1. The molecule has 0 radical (unpaired) electrons. The highest BCUT2D eigenvalue weighted by atomic mass is 32.2. The number of fused-ring (bicyclic) bond motifs is 1. The Bertz CT molecular complexity index is 3250. The second kappa shape index (κ2) is 19.4. The Morgan fingerprint density at radius 2 is 1.35 bits per heavy atom. The van der Waals surface area contributed by atoms with Gasteiger partial charge >= 0.3 is 23.8 Å². The topological polar surface area (TPSA) is 330 Å². The van der Waals surface area contributed by atoms with Gasteiger partial charge in [0.2, 0.25) is 5.91 Å². The van der Waals surface area contributed by atoms with Gasteiger partial charge in [0, 0.05) is 34.0 Å². The molecule has 5 aromatic carbocycles. The first-order valence-electron chi connectivity index (χ1n) is 18.2. The van der Waals surface area contributed by atoms with Crippen molar-refractivity contribution in [3.05, 3.63) is 127 Å². The predicted molar refractivity (Wildman–Crippen MR) is 231 cm³/mol. The number of benzene rings is 5. The van der Waals surface area contributed by atoms with Crippen LogP contribution in [0, 0.1) is 0 Å². The van der Waals surface area contributed by atoms with Crippen molar-refractivity contribution in [2.45, 2.75) is 21.6 Å². The number of amides is 1. The average molecular weight is 941 g/mol. The molecule has 0 bridgehead atoms. The molecule has 2 aromatic heterocycles. The molecule has 7 rings (SSSR count). The third kappa shape index (κ3) is 11.7. The molecule has 0 fully saturated rings. The van der Waals surface area contributed by atoms with Crippen molar-refractivity contribution in [2.24, 2.45) is 20.5 Å². The molecule has 0 saturated heterocycles. The summed E-state index contributed by atoms with van der Waals surface area (Å²) in [5.41, 5.74) is 1.78. The minimum absolute atomic E-state index is 0.00250. The Hall–Kier alpha value is -7.69. The standard InChI is InChI=1S/C39H29N11O12S3/c1-22(51)40-33-19-27(13-16-32(33)49-48-28-18-31-30(35(20-28)65(58,59)60)5-2-6-34(31)63-62-61-54)42-38-43-37(44-39(45-38)50-17-3-4-23(21-50)36(52)53)41-24-7-9-25(10-8-24)46-47-26-11-14-29(15-12-26)64(55,56)57/h2-21H,1H3,(H6-,40,41,42,43,44,45,47,48,51,52,53,54,55,56,57,58,59,60)/p+1. The van der Waals surface area contributed by atoms with Crippen molar-refractivity contribution in [3.63, 3.8) is 0 Å². The molecular weight excluding hydrogens is 911 g/mol. The number of aromatic carboxylic acids is 1. The minimum atomic E-state index is -4.77. The normalized spacial score (nSPS) is 11.9. The molecule has 65 heavy (non-hydrogen) atoms. The first-order chi connectivity index (χ1) is 31.0. The van der Waals surface area contributed by atoms with Gasteiger partial charge in [0.05, 0.1) is 57.6 Å². The average Bonchev–Trinajstić information content (AvgIpc) is 3.27. The Morgan fingerprint density at radius 1 is 0.708 bits per heavy atom. The fourth-order valence-corrected chi connectivity index (χ4v) is 7.50. The van der Waals surface area contributed by atoms with Crippen molar-refractivity contribution in [1.29, 1.82) is 0 Å². The molecule has 0 spiro atoms. The van der Waals surface area contributed by atoms with E-state index in [1.165, 1.54) is 90.6 Å². The zero-order valence-corrected chi connectivity index (χ0v) is 35.4. The number of azo groups is 2. The summed E-state index contributed by atoms with van der Waals surface area (Å²) in [5.74, 6) is -1.68. The van der Waals surface area contributed by atoms with Crippen LogP contribution in [0.1, 0.15) is 17.3 Å². The van der Waals surface area contributed by atoms with Gasteiger partial charge in [0.1, 0.15) is 10.6 Å². The summed E-state index contributed by atoms with van der Waals surface area (Å²) in [6.45, 7) is 1.27. The van der Waals surface area contributed by atoms with Crippen LogP contribution in [0.25, 0.3) is 16.7 Å². The third-order valence-electron chi connectivity index (χ3n) is 8.61. The fourth-order valence-electron chi connectivity index (χ4n) is 5.80. The van der Waals surface area contributed by atoms with Crippen LogP contribution in [0.3, 0.4) is 0 Å². The molecule has 7 N–H and O–H groups in total. The SMILES string of the molecule is CC(=O)Nc1cc(Nc2nc(Nc3ccc(N=Nc4ccc(S(=O)(=O)O)cc4)cc3)nc(-[n+]3cccc(C(=O)O)c3)n2)ccc1N=Nc1cc(S(=O)(=O)O)c2cccc(SOOO)c2c1. The highest BCUT2D eigenvalue weighted by Crippen LogP contribution is 2.37. The Balaban J connectivity index is 1.18. The molecule has 330 valence electrons. The highest BCUT2D eigenvalue weighted by Gasteiger charge is 2.21. The number of pyridine rings is 1. The molecular formula is C39H30N11O12S3+. The van der Waals surface area contributed by atoms with E-state index in [0.29, 0.717) is 39.7 Å². The van der Waals surface area contributed by atoms with Crippen LogP contribution in [0.15, 0.2) is 157 Å². The number of carbonyl (C=O) groups excluding carboxylic acids is 1. The number of hydrogen-bond donors (Lipinski definition) is 7. The number of aromatic nitrogens is 4. The minimum Gasteiger partial charge on any atom is -0.478 e. The largest absolute Gasteiger partial charge is 0.478 e. The van der Waals surface area contributed by atoms with Gasteiger partial charge in [-0.2, -0.15) is 32.2 Å². The summed E-state index contributed by atoms with van der Waals surface area (Å²) >= 11 is 0.566. The third-order valence-corrected chi connectivity index (χ3v) is 11.0. The van der Waals surface area contributed by atoms with E-state index in [9.17, 15) is 40.6 Å². The molecule has 0 aliphatic heterocycles. The van der Waals surface area contributed by atoms with Gasteiger partial charge < -0.3 is 21.1 Å². The molecule has 1 amide bonds. The number of nitrogens with zero attached hydrogens (tertiary/aromatic N) is 8. The lowest BCUT2D eigenvalue weighted by atomic mass is 10.1. The van der Waals surface area contributed by atoms with Crippen LogP contribution < -0.4 is 20.5 Å². The summed E-state index contributed by atoms with van der Waals surface area (Å²) in [6, 6.07) is 26.1. The van der Waals surface area contributed by atoms with Gasteiger partial charge in [0.25, 0.3) is 20.2 Å². The number of hydrogen-bond acceptors (Lipinski definition) is 19. The molecule has 7 aromatic rings. The van der Waals surface area contributed by atoms with Crippen LogP contribution in [0.2, 0.25) is 0 Å². The number of rotatable bonds is 16. The molecule has 0 aliphatic rings. The van der Waals surface area contributed by atoms with Gasteiger partial charge in [-0.05, 0) is 107 Å². The van der Waals surface area contributed by atoms with E-state index in [1.54, 1.807) is 36.4 Å². The predicted octanol–water partition coefficient (Wildman–Crippen LogP) is 8.20. The fraction of sp³-hybridized carbons (Fsp3) is 0.0256. The number of nitrogens with one attached hydrogen (secondary N) is 3. The van der Waals surface area contributed by atoms with Crippen molar-refractivity contribution >= 4 is 107 Å². The van der Waals surface area contributed by atoms with Crippen molar-refractivity contribution < 1.29 is 59.8 Å². The van der Waals surface area contributed by atoms with E-state index in [4.69, 9.17) is 5.26 Å². The lowest BCUT2D eigenvalue weighted by Gasteiger charge is -2.10. The quantitative estimate of drug-likeness (QED) is 0.0120. The smallest absolute Gasteiger partial charge is 0.444 e. The number of carbonyl (C=O) groups is 2. The number of carboxylic acids is 1. The summed E-state index contributed by atoms with van der Waals surface area (Å²) < 4.78 is 72.5. The first-order valence-corrected chi connectivity index (χ1v) is 21.8. The van der Waals surface area contributed by atoms with Crippen LogP contribution >= 0.6 is 12.0 Å². The van der Waals surface area contributed by atoms with Crippen molar-refractivity contribution in [2.75, 3.05) is 16.0 Å². The monoisotopic (exact) mass is 940 g/mol. The molecule has 0 unspecified atom stereocenters. The van der Waals surface area contributed by atoms with E-state index < -0.39 is 37.0 Å². The maximum absolute atomic E-state index is 12.4. The van der Waals surface area contributed by atoms with Gasteiger partial charge in [0.15, 0.2) is 0 Å². The van der Waals surface area contributed by atoms with Crippen LogP contribution in [-0.4, -0.2) is 63.1 Å². The Morgan fingerprint density at radius 3 is 1.98 bits per heavy atom. The Labute approximate surface area is 371 Å². The van der Waals surface area contributed by atoms with E-state index in [-0.39, 0.29) is 56.1 Å². The maximum atomic E-state index is 12.4. The van der Waals surface area contributed by atoms with Crippen molar-refractivity contribution in [1.82, 2.24) is 15.0 Å². The van der Waals surface area contributed by atoms with Gasteiger partial charge in [-0.3, -0.25) is 13.9 Å². The summed E-state index contributed by atoms with van der Waals surface area (Å²) in [5, 5.41) is 47.8. The molecule has 0 aliphatic carbocycles. The second-order valence-corrected chi connectivity index (χ2v) is 16.7. The first kappa shape index (κ1) is 45.3. The summed E-state index contributed by atoms with van der Waals surface area (Å²) in [4.78, 5) is 37.1. The molecule has 23 nitrogen and oxygen atoms in total. The van der Waals surface area contributed by atoms with E-state index in [0.717, 1.165) is 6.07 Å². The summed E-state index contributed by atoms with van der Waals surface area (Å²) in [6.07, 6.45) is 2.84. The van der Waals surface area contributed by atoms with Crippen molar-refractivity contribution in [3.8, 4) is 5.95 Å². The van der Waals surface area contributed by atoms with E-state index >= 15 is 0 Å². The van der Waals surface area contributed by atoms with Gasteiger partial charge in [-0.25, -0.2) is 14.6 Å². The lowest BCUT2D eigenvalue weighted by molar-refractivity contribution is -0.603. The van der Waals surface area contributed by atoms with Crippen LogP contribution in [-0.2, 0) is 34.4 Å². The molecule has 26 heteroatoms. The lowest BCUT2D eigenvalue weighted by Crippen LogP contribution is -2.34. The second-order valence-electron chi connectivity index (χ2n) is 13.2. The van der Waals surface area contributed by atoms with Gasteiger partial charge in [-0.15, -0.1) is 14.4 Å². The molecule has 0 saturated carbocycles. The maximum Gasteiger partial charge on any atom is 0.444 e. The van der Waals surface area contributed by atoms with Crippen LogP contribution in [0.5, 0.6) is 0 Å². The zero-order valence-electron chi connectivity index (χ0n) is 32.9. The highest BCUT2D eigenvalue weighted by molar-refractivity contribution is 7.94. The van der Waals surface area contributed by atoms with E-state index in [1.807, 2.05) is 0 Å². The Kier molecular flexibility index (Phi) is 13.5. The molecule has 2 heterocycles. The van der Waals surface area contributed by atoms with Crippen LogP contribution in [0.4, 0.5) is 51.7 Å². The zero-order chi connectivity index (χ0) is 46.3. The molecule has 0 atom stereocenters.